The third kappa shape index (κ3) is 3.11. The van der Waals surface area contributed by atoms with Gasteiger partial charge in [-0.15, -0.1) is 0 Å². The molecule has 0 radical (unpaired) electrons. The van der Waals surface area contributed by atoms with Gasteiger partial charge in [0.2, 0.25) is 0 Å². The van der Waals surface area contributed by atoms with Gasteiger partial charge in [0, 0.05) is 18.1 Å². The Labute approximate surface area is 138 Å². The first-order valence-corrected chi connectivity index (χ1v) is 9.78. The van der Waals surface area contributed by atoms with Crippen molar-refractivity contribution in [3.05, 3.63) is 0 Å². The standard InChI is InChI=1S/C20H38N2/c1-16(2)12-18-13-17(14-21(18)5)19(3,4)15-20-8-6-10-22(20)11-7-9-20/h16-18H,6-15H2,1-5H3. The van der Waals surface area contributed by atoms with E-state index in [0.717, 1.165) is 17.9 Å². The third-order valence-corrected chi connectivity index (χ3v) is 7.13. The first-order chi connectivity index (χ1) is 10.3. The largest absolute Gasteiger partial charge is 0.303 e. The molecule has 3 fully saturated rings. The van der Waals surface area contributed by atoms with Crippen molar-refractivity contribution in [2.45, 2.75) is 84.2 Å². The normalized spacial score (nSPS) is 33.0. The first-order valence-electron chi connectivity index (χ1n) is 9.78. The zero-order valence-corrected chi connectivity index (χ0v) is 15.7. The summed E-state index contributed by atoms with van der Waals surface area (Å²) >= 11 is 0. The van der Waals surface area contributed by atoms with Gasteiger partial charge in [0.05, 0.1) is 0 Å². The van der Waals surface area contributed by atoms with Gasteiger partial charge in [-0.1, -0.05) is 27.7 Å². The zero-order chi connectivity index (χ0) is 16.0. The van der Waals surface area contributed by atoms with E-state index in [1.807, 2.05) is 0 Å². The quantitative estimate of drug-likeness (QED) is 0.743. The lowest BCUT2D eigenvalue weighted by Gasteiger charge is -2.42. The molecule has 0 aromatic rings. The number of hydrogen-bond acceptors (Lipinski definition) is 2. The molecule has 0 saturated carbocycles. The number of fused-ring (bicyclic) bond motifs is 1. The molecule has 3 aliphatic rings. The van der Waals surface area contributed by atoms with E-state index >= 15 is 0 Å². The Kier molecular flexibility index (Phi) is 4.64. The van der Waals surface area contributed by atoms with Crippen LogP contribution >= 0.6 is 0 Å². The van der Waals surface area contributed by atoms with Crippen molar-refractivity contribution in [2.75, 3.05) is 26.7 Å². The average molecular weight is 307 g/mol. The minimum Gasteiger partial charge on any atom is -0.303 e. The summed E-state index contributed by atoms with van der Waals surface area (Å²) in [7, 11) is 2.36. The van der Waals surface area contributed by atoms with Crippen molar-refractivity contribution < 1.29 is 0 Å². The van der Waals surface area contributed by atoms with E-state index in [2.05, 4.69) is 44.5 Å². The summed E-state index contributed by atoms with van der Waals surface area (Å²) in [5.74, 6) is 1.71. The summed E-state index contributed by atoms with van der Waals surface area (Å²) in [6.45, 7) is 14.0. The molecule has 0 N–H and O–H groups in total. The minimum absolute atomic E-state index is 0.493. The number of rotatable bonds is 5. The van der Waals surface area contributed by atoms with Gasteiger partial charge in [-0.25, -0.2) is 0 Å². The number of nitrogens with zero attached hydrogens (tertiary/aromatic N) is 2. The Morgan fingerprint density at radius 2 is 1.77 bits per heavy atom. The molecule has 2 atom stereocenters. The maximum Gasteiger partial charge on any atom is 0.0215 e. The molecule has 3 saturated heterocycles. The molecule has 2 heteroatoms. The minimum atomic E-state index is 0.493. The fraction of sp³-hybridized carbons (Fsp3) is 1.00. The molecule has 22 heavy (non-hydrogen) atoms. The van der Waals surface area contributed by atoms with Gasteiger partial charge < -0.3 is 4.90 Å². The molecule has 0 aromatic heterocycles. The van der Waals surface area contributed by atoms with E-state index < -0.39 is 0 Å². The van der Waals surface area contributed by atoms with E-state index in [1.165, 1.54) is 64.6 Å². The monoisotopic (exact) mass is 306 g/mol. The number of likely N-dealkylation sites (tertiary alicyclic amines) is 1. The summed E-state index contributed by atoms with van der Waals surface area (Å²) in [5.41, 5.74) is 1.07. The lowest BCUT2D eigenvalue weighted by molar-refractivity contribution is 0.0831. The highest BCUT2D eigenvalue weighted by Gasteiger charge is 2.49. The maximum atomic E-state index is 2.85. The Morgan fingerprint density at radius 1 is 1.14 bits per heavy atom. The van der Waals surface area contributed by atoms with Gasteiger partial charge >= 0.3 is 0 Å². The van der Waals surface area contributed by atoms with Crippen molar-refractivity contribution in [2.24, 2.45) is 17.3 Å². The van der Waals surface area contributed by atoms with E-state index in [1.54, 1.807) is 0 Å². The van der Waals surface area contributed by atoms with Crippen LogP contribution in [0.5, 0.6) is 0 Å². The summed E-state index contributed by atoms with van der Waals surface area (Å²) in [4.78, 5) is 5.50. The second-order valence-corrected chi connectivity index (χ2v) is 9.74. The molecule has 2 unspecified atom stereocenters. The van der Waals surface area contributed by atoms with Crippen molar-refractivity contribution in [1.82, 2.24) is 9.80 Å². The molecule has 0 amide bonds. The molecule has 0 spiro atoms. The van der Waals surface area contributed by atoms with Crippen molar-refractivity contribution >= 4 is 0 Å². The molecule has 3 aliphatic heterocycles. The molecule has 0 aromatic carbocycles. The SMILES string of the molecule is CC(C)CC1CC(C(C)(C)CC23CCCN2CCC3)CN1C. The molecule has 3 rings (SSSR count). The molecule has 2 nitrogen and oxygen atoms in total. The van der Waals surface area contributed by atoms with Crippen LogP contribution in [-0.4, -0.2) is 48.1 Å². The second-order valence-electron chi connectivity index (χ2n) is 9.74. The fourth-order valence-corrected chi connectivity index (χ4v) is 5.97. The average Bonchev–Trinajstić information content (AvgIpc) is 3.03. The van der Waals surface area contributed by atoms with Crippen LogP contribution in [0.3, 0.4) is 0 Å². The van der Waals surface area contributed by atoms with Crippen LogP contribution in [0.1, 0.15) is 72.6 Å². The fourth-order valence-electron chi connectivity index (χ4n) is 5.97. The highest BCUT2D eigenvalue weighted by molar-refractivity contribution is 5.04. The Balaban J connectivity index is 1.66. The first kappa shape index (κ1) is 16.8. The van der Waals surface area contributed by atoms with Gasteiger partial charge in [-0.3, -0.25) is 4.90 Å². The lowest BCUT2D eigenvalue weighted by atomic mass is 9.68. The van der Waals surface area contributed by atoms with Crippen molar-refractivity contribution in [1.29, 1.82) is 0 Å². The molecule has 0 aliphatic carbocycles. The summed E-state index contributed by atoms with van der Waals surface area (Å²) in [6, 6.07) is 0.824. The summed E-state index contributed by atoms with van der Waals surface area (Å²) in [6.07, 6.45) is 10.1. The lowest BCUT2D eigenvalue weighted by Crippen LogP contribution is -2.44. The van der Waals surface area contributed by atoms with Crippen LogP contribution in [-0.2, 0) is 0 Å². The van der Waals surface area contributed by atoms with Crippen LogP contribution in [0.2, 0.25) is 0 Å². The van der Waals surface area contributed by atoms with Gasteiger partial charge in [-0.05, 0) is 82.3 Å². The van der Waals surface area contributed by atoms with Crippen molar-refractivity contribution in [3.63, 3.8) is 0 Å². The van der Waals surface area contributed by atoms with Crippen molar-refractivity contribution in [3.8, 4) is 0 Å². The molecule has 3 heterocycles. The van der Waals surface area contributed by atoms with E-state index in [9.17, 15) is 0 Å². The highest BCUT2D eigenvalue weighted by Crippen LogP contribution is 2.50. The Hall–Kier alpha value is -0.0800. The Morgan fingerprint density at radius 3 is 2.36 bits per heavy atom. The van der Waals surface area contributed by atoms with Crippen LogP contribution in [0.15, 0.2) is 0 Å². The second kappa shape index (κ2) is 6.09. The zero-order valence-electron chi connectivity index (χ0n) is 15.7. The van der Waals surface area contributed by atoms with Crippen LogP contribution in [0.4, 0.5) is 0 Å². The summed E-state index contributed by atoms with van der Waals surface area (Å²) < 4.78 is 0. The molecular weight excluding hydrogens is 268 g/mol. The molecular formula is C20H38N2. The number of hydrogen-bond donors (Lipinski definition) is 0. The molecule has 0 bridgehead atoms. The highest BCUT2D eigenvalue weighted by atomic mass is 15.2. The van der Waals surface area contributed by atoms with Gasteiger partial charge in [0.1, 0.15) is 0 Å². The maximum absolute atomic E-state index is 2.85. The van der Waals surface area contributed by atoms with Gasteiger partial charge in [-0.2, -0.15) is 0 Å². The predicted octanol–water partition coefficient (Wildman–Crippen LogP) is 4.40. The Bertz CT molecular complexity index is 377. The van der Waals surface area contributed by atoms with Gasteiger partial charge in [0.15, 0.2) is 0 Å². The van der Waals surface area contributed by atoms with E-state index in [-0.39, 0.29) is 0 Å². The topological polar surface area (TPSA) is 6.48 Å². The molecule has 128 valence electrons. The van der Waals surface area contributed by atoms with E-state index in [4.69, 9.17) is 0 Å². The smallest absolute Gasteiger partial charge is 0.0215 e. The van der Waals surface area contributed by atoms with E-state index in [0.29, 0.717) is 11.0 Å². The van der Waals surface area contributed by atoms with Crippen LogP contribution in [0.25, 0.3) is 0 Å². The van der Waals surface area contributed by atoms with Gasteiger partial charge in [0.25, 0.3) is 0 Å². The third-order valence-electron chi connectivity index (χ3n) is 7.13. The summed E-state index contributed by atoms with van der Waals surface area (Å²) in [5, 5.41) is 0. The van der Waals surface area contributed by atoms with Crippen LogP contribution < -0.4 is 0 Å². The predicted molar refractivity (Wildman–Crippen MR) is 95.2 cm³/mol. The van der Waals surface area contributed by atoms with Crippen LogP contribution in [0, 0.1) is 17.3 Å².